The molecule has 0 aliphatic heterocycles. The van der Waals surface area contributed by atoms with E-state index in [9.17, 15) is 13.2 Å². The number of hydrogen-bond acceptors (Lipinski definition) is 5. The molecule has 7 nitrogen and oxygen atoms in total. The Kier molecular flexibility index (Phi) is 9.23. The van der Waals surface area contributed by atoms with Gasteiger partial charge >= 0.3 is 0 Å². The van der Waals surface area contributed by atoms with E-state index in [0.29, 0.717) is 24.4 Å². The van der Waals surface area contributed by atoms with Gasteiger partial charge in [-0.2, -0.15) is 8.42 Å². The molecule has 0 bridgehead atoms. The van der Waals surface area contributed by atoms with Gasteiger partial charge in [0.2, 0.25) is 5.91 Å². The summed E-state index contributed by atoms with van der Waals surface area (Å²) in [5.41, 5.74) is 7.28. The van der Waals surface area contributed by atoms with Gasteiger partial charge in [-0.05, 0) is 42.3 Å². The fourth-order valence-corrected chi connectivity index (χ4v) is 2.08. The highest BCUT2D eigenvalue weighted by Gasteiger charge is 2.07. The fourth-order valence-electron chi connectivity index (χ4n) is 1.87. The Labute approximate surface area is 164 Å². The Morgan fingerprint density at radius 2 is 1.81 bits per heavy atom. The van der Waals surface area contributed by atoms with Gasteiger partial charge in [0.05, 0.1) is 12.3 Å². The summed E-state index contributed by atoms with van der Waals surface area (Å²) in [4.78, 5) is 10.9. The van der Waals surface area contributed by atoms with Gasteiger partial charge in [-0.3, -0.25) is 9.35 Å². The average Bonchev–Trinajstić information content (AvgIpc) is 2.57. The number of ether oxygens (including phenoxy) is 1. The lowest BCUT2D eigenvalue weighted by atomic mass is 10.2. The van der Waals surface area contributed by atoms with Gasteiger partial charge in [0.1, 0.15) is 12.4 Å². The number of nitrogens with two attached hydrogens (primary N) is 1. The SMILES string of the molecule is CC(NCc1ccc(OCc2cccc(Cl)c2)cc1)C(N)=O.CS(=O)(=O)O. The third kappa shape index (κ3) is 11.2. The van der Waals surface area contributed by atoms with Crippen molar-refractivity contribution in [3.05, 3.63) is 64.7 Å². The van der Waals surface area contributed by atoms with Gasteiger partial charge < -0.3 is 15.8 Å². The summed E-state index contributed by atoms with van der Waals surface area (Å²) in [5.74, 6) is 0.424. The smallest absolute Gasteiger partial charge is 0.261 e. The maximum absolute atomic E-state index is 10.9. The minimum Gasteiger partial charge on any atom is -0.489 e. The first kappa shape index (κ1) is 22.9. The van der Waals surface area contributed by atoms with Crippen molar-refractivity contribution in [2.24, 2.45) is 5.73 Å². The van der Waals surface area contributed by atoms with E-state index in [4.69, 9.17) is 26.6 Å². The van der Waals surface area contributed by atoms with Gasteiger partial charge in [0.15, 0.2) is 0 Å². The summed E-state index contributed by atoms with van der Waals surface area (Å²) in [7, 11) is -3.67. The van der Waals surface area contributed by atoms with Gasteiger partial charge in [0.25, 0.3) is 10.1 Å². The van der Waals surface area contributed by atoms with E-state index in [1.165, 1.54) is 0 Å². The van der Waals surface area contributed by atoms with Crippen LogP contribution in [-0.2, 0) is 28.1 Å². The van der Waals surface area contributed by atoms with Crippen molar-refractivity contribution in [2.45, 2.75) is 26.1 Å². The third-order valence-electron chi connectivity index (χ3n) is 3.26. The zero-order valence-corrected chi connectivity index (χ0v) is 16.6. The molecule has 1 amide bonds. The zero-order chi connectivity index (χ0) is 20.4. The summed E-state index contributed by atoms with van der Waals surface area (Å²) < 4.78 is 31.6. The summed E-state index contributed by atoms with van der Waals surface area (Å²) in [6.45, 7) is 2.79. The number of benzene rings is 2. The molecule has 0 fully saturated rings. The topological polar surface area (TPSA) is 119 Å². The third-order valence-corrected chi connectivity index (χ3v) is 3.49. The van der Waals surface area contributed by atoms with Gasteiger partial charge in [-0.15, -0.1) is 0 Å². The number of carbonyl (C=O) groups is 1. The number of nitrogens with one attached hydrogen (secondary N) is 1. The molecule has 0 aromatic heterocycles. The van der Waals surface area contributed by atoms with Crippen LogP contribution in [0.1, 0.15) is 18.1 Å². The normalized spacial score (nSPS) is 11.9. The molecule has 0 aliphatic carbocycles. The van der Waals surface area contributed by atoms with Crippen LogP contribution in [-0.4, -0.2) is 31.2 Å². The molecule has 1 atom stereocenters. The average molecular weight is 415 g/mol. The molecule has 0 aliphatic rings. The number of rotatable bonds is 7. The predicted molar refractivity (Wildman–Crippen MR) is 105 cm³/mol. The van der Waals surface area contributed by atoms with Crippen LogP contribution >= 0.6 is 11.6 Å². The lowest BCUT2D eigenvalue weighted by Gasteiger charge is -2.11. The highest BCUT2D eigenvalue weighted by atomic mass is 35.5. The van der Waals surface area contributed by atoms with Crippen molar-refractivity contribution in [1.82, 2.24) is 5.32 Å². The number of amides is 1. The minimum atomic E-state index is -3.67. The van der Waals surface area contributed by atoms with E-state index in [-0.39, 0.29) is 11.9 Å². The van der Waals surface area contributed by atoms with Gasteiger partial charge in [-0.1, -0.05) is 35.9 Å². The molecule has 148 valence electrons. The number of halogens is 1. The van der Waals surface area contributed by atoms with Crippen molar-refractivity contribution in [3.8, 4) is 5.75 Å². The predicted octanol–water partition coefficient (Wildman–Crippen LogP) is 2.39. The second-order valence-corrected chi connectivity index (χ2v) is 7.70. The highest BCUT2D eigenvalue weighted by molar-refractivity contribution is 7.85. The maximum Gasteiger partial charge on any atom is 0.261 e. The lowest BCUT2D eigenvalue weighted by molar-refractivity contribution is -0.119. The molecule has 0 spiro atoms. The Morgan fingerprint density at radius 1 is 1.22 bits per heavy atom. The molecule has 1 unspecified atom stereocenters. The van der Waals surface area contributed by atoms with Crippen LogP contribution in [0.25, 0.3) is 0 Å². The van der Waals surface area contributed by atoms with Crippen LogP contribution in [0.2, 0.25) is 5.02 Å². The van der Waals surface area contributed by atoms with Gasteiger partial charge in [0, 0.05) is 11.6 Å². The molecule has 27 heavy (non-hydrogen) atoms. The number of hydrogen-bond donors (Lipinski definition) is 3. The minimum absolute atomic E-state index is 0.348. The fraction of sp³-hybridized carbons (Fsp3) is 0.278. The molecule has 0 saturated heterocycles. The van der Waals surface area contributed by atoms with E-state index >= 15 is 0 Å². The lowest BCUT2D eigenvalue weighted by Crippen LogP contribution is -2.38. The standard InChI is InChI=1S/C17H19ClN2O2.CH4O3S/c1-12(17(19)21)20-10-13-5-7-16(8-6-13)22-11-14-3-2-4-15(18)9-14;1-5(2,3)4/h2-9,12,20H,10-11H2,1H3,(H2,19,21);1H3,(H,2,3,4). The number of primary amides is 1. The van der Waals surface area contributed by atoms with E-state index in [0.717, 1.165) is 16.9 Å². The quantitative estimate of drug-likeness (QED) is 0.598. The highest BCUT2D eigenvalue weighted by Crippen LogP contribution is 2.16. The van der Waals surface area contributed by atoms with E-state index in [1.54, 1.807) is 6.92 Å². The Hall–Kier alpha value is -2.13. The molecule has 2 rings (SSSR count). The van der Waals surface area contributed by atoms with Crippen LogP contribution in [0.4, 0.5) is 0 Å². The molecule has 9 heteroatoms. The van der Waals surface area contributed by atoms with Gasteiger partial charge in [-0.25, -0.2) is 0 Å². The van der Waals surface area contributed by atoms with Crippen molar-refractivity contribution in [1.29, 1.82) is 0 Å². The van der Waals surface area contributed by atoms with Crippen LogP contribution in [0.15, 0.2) is 48.5 Å². The summed E-state index contributed by atoms with van der Waals surface area (Å²) >= 11 is 5.93. The number of carbonyl (C=O) groups excluding carboxylic acids is 1. The van der Waals surface area contributed by atoms with Crippen LogP contribution in [0.3, 0.4) is 0 Å². The molecular formula is C18H23ClN2O5S. The summed E-state index contributed by atoms with van der Waals surface area (Å²) in [5, 5.41) is 3.75. The monoisotopic (exact) mass is 414 g/mol. The van der Waals surface area contributed by atoms with Crippen molar-refractivity contribution in [3.63, 3.8) is 0 Å². The molecule has 4 N–H and O–H groups in total. The summed E-state index contributed by atoms with van der Waals surface area (Å²) in [6.07, 6.45) is 0.715. The van der Waals surface area contributed by atoms with Crippen LogP contribution in [0, 0.1) is 0 Å². The molecule has 2 aromatic carbocycles. The molecule has 0 radical (unpaired) electrons. The largest absolute Gasteiger partial charge is 0.489 e. The Morgan fingerprint density at radius 3 is 2.33 bits per heavy atom. The maximum atomic E-state index is 10.9. The van der Waals surface area contributed by atoms with E-state index in [1.807, 2.05) is 48.5 Å². The van der Waals surface area contributed by atoms with Crippen molar-refractivity contribution < 1.29 is 22.5 Å². The summed E-state index contributed by atoms with van der Waals surface area (Å²) in [6, 6.07) is 14.9. The zero-order valence-electron chi connectivity index (χ0n) is 15.1. The van der Waals surface area contributed by atoms with Crippen molar-refractivity contribution >= 4 is 27.6 Å². The molecule has 0 saturated carbocycles. The van der Waals surface area contributed by atoms with Crippen LogP contribution in [0.5, 0.6) is 5.75 Å². The Bertz CT molecular complexity index is 833. The second kappa shape index (κ2) is 10.9. The van der Waals surface area contributed by atoms with Crippen LogP contribution < -0.4 is 15.8 Å². The first-order valence-corrected chi connectivity index (χ1v) is 10.2. The molecule has 2 aromatic rings. The second-order valence-electron chi connectivity index (χ2n) is 5.80. The van der Waals surface area contributed by atoms with E-state index in [2.05, 4.69) is 5.32 Å². The van der Waals surface area contributed by atoms with E-state index < -0.39 is 10.1 Å². The molecule has 0 heterocycles. The first-order valence-electron chi connectivity index (χ1n) is 7.96. The molecular weight excluding hydrogens is 392 g/mol. The van der Waals surface area contributed by atoms with Crippen molar-refractivity contribution in [2.75, 3.05) is 6.26 Å². The Balaban J connectivity index is 0.000000646. The first-order chi connectivity index (χ1) is 12.5.